The first-order valence-corrected chi connectivity index (χ1v) is 13.9. The fraction of sp³-hybridized carbons (Fsp3) is 0.206. The SMILES string of the molecule is N=C(N)c1ccc(CNC(=O)C2CCCN2C(=O)C(Nc2ccccc2)C(c2ccccc2)c2ccccc2)cc1. The van der Waals surface area contributed by atoms with E-state index < -0.39 is 12.1 Å². The number of carbonyl (C=O) groups is 2. The van der Waals surface area contributed by atoms with Crippen LogP contribution in [0.15, 0.2) is 115 Å². The van der Waals surface area contributed by atoms with Gasteiger partial charge in [0.1, 0.15) is 17.9 Å². The second-order valence-corrected chi connectivity index (χ2v) is 10.3. The van der Waals surface area contributed by atoms with Gasteiger partial charge in [-0.3, -0.25) is 15.0 Å². The van der Waals surface area contributed by atoms with Gasteiger partial charge in [-0.1, -0.05) is 103 Å². The molecule has 7 heteroatoms. The van der Waals surface area contributed by atoms with Gasteiger partial charge in [0.2, 0.25) is 11.8 Å². The Bertz CT molecular complexity index is 1420. The standard InChI is InChI=1S/C34H35N5O2/c35-32(36)27-20-18-24(19-21-27)23-37-33(40)29-17-10-22-39(29)34(41)31(38-28-15-8-3-9-16-28)30(25-11-4-1-5-12-25)26-13-6-2-7-14-26/h1-9,11-16,18-21,29-31,38H,10,17,22-23H2,(H3,35,36)(H,37,40). The predicted octanol–water partition coefficient (Wildman–Crippen LogP) is 4.89. The van der Waals surface area contributed by atoms with Crippen molar-refractivity contribution in [1.29, 1.82) is 5.41 Å². The number of carbonyl (C=O) groups excluding carboxylic acids is 2. The molecule has 5 N–H and O–H groups in total. The molecule has 1 aliphatic heterocycles. The Labute approximate surface area is 240 Å². The molecule has 0 aromatic heterocycles. The first-order valence-electron chi connectivity index (χ1n) is 13.9. The third kappa shape index (κ3) is 6.64. The van der Waals surface area contributed by atoms with E-state index in [4.69, 9.17) is 11.1 Å². The van der Waals surface area contributed by atoms with Crippen molar-refractivity contribution < 1.29 is 9.59 Å². The fourth-order valence-electron chi connectivity index (χ4n) is 5.49. The monoisotopic (exact) mass is 545 g/mol. The molecule has 7 nitrogen and oxygen atoms in total. The lowest BCUT2D eigenvalue weighted by Gasteiger charge is -2.34. The third-order valence-electron chi connectivity index (χ3n) is 7.58. The van der Waals surface area contributed by atoms with Gasteiger partial charge in [-0.25, -0.2) is 0 Å². The molecular formula is C34H35N5O2. The predicted molar refractivity (Wildman–Crippen MR) is 163 cm³/mol. The van der Waals surface area contributed by atoms with Crippen LogP contribution >= 0.6 is 0 Å². The number of anilines is 1. The van der Waals surface area contributed by atoms with E-state index in [1.807, 2.05) is 78.9 Å². The molecule has 208 valence electrons. The molecule has 0 bridgehead atoms. The number of likely N-dealkylation sites (tertiary alicyclic amines) is 1. The topological polar surface area (TPSA) is 111 Å². The second-order valence-electron chi connectivity index (χ2n) is 10.3. The van der Waals surface area contributed by atoms with Crippen LogP contribution < -0.4 is 16.4 Å². The van der Waals surface area contributed by atoms with Crippen molar-refractivity contribution >= 4 is 23.3 Å². The zero-order valence-electron chi connectivity index (χ0n) is 22.9. The normalized spacial score (nSPS) is 15.3. The van der Waals surface area contributed by atoms with Crippen molar-refractivity contribution in [2.24, 2.45) is 5.73 Å². The van der Waals surface area contributed by atoms with Crippen LogP contribution in [0.5, 0.6) is 0 Å². The number of hydrogen-bond acceptors (Lipinski definition) is 4. The van der Waals surface area contributed by atoms with E-state index in [-0.39, 0.29) is 23.6 Å². The minimum absolute atomic E-state index is 0.00340. The van der Waals surface area contributed by atoms with E-state index in [9.17, 15) is 9.59 Å². The zero-order valence-corrected chi connectivity index (χ0v) is 22.9. The summed E-state index contributed by atoms with van der Waals surface area (Å²) >= 11 is 0. The van der Waals surface area contributed by atoms with Gasteiger partial charge in [0.05, 0.1) is 0 Å². The van der Waals surface area contributed by atoms with E-state index >= 15 is 0 Å². The van der Waals surface area contributed by atoms with Crippen LogP contribution in [0.1, 0.15) is 41.0 Å². The average Bonchev–Trinajstić information content (AvgIpc) is 3.51. The van der Waals surface area contributed by atoms with E-state index in [0.717, 1.165) is 28.8 Å². The molecule has 1 heterocycles. The maximum atomic E-state index is 14.5. The molecule has 4 aromatic carbocycles. The Kier molecular flexibility index (Phi) is 8.74. The number of para-hydroxylation sites is 1. The van der Waals surface area contributed by atoms with Crippen molar-refractivity contribution in [3.05, 3.63) is 138 Å². The van der Waals surface area contributed by atoms with Crippen LogP contribution in [0.25, 0.3) is 0 Å². The number of nitrogens with one attached hydrogen (secondary N) is 3. The largest absolute Gasteiger partial charge is 0.384 e. The highest BCUT2D eigenvalue weighted by atomic mass is 16.2. The highest BCUT2D eigenvalue weighted by Crippen LogP contribution is 2.33. The molecular weight excluding hydrogens is 510 g/mol. The van der Waals surface area contributed by atoms with Crippen molar-refractivity contribution in [3.8, 4) is 0 Å². The summed E-state index contributed by atoms with van der Waals surface area (Å²) in [5, 5.41) is 14.1. The summed E-state index contributed by atoms with van der Waals surface area (Å²) in [6.07, 6.45) is 1.37. The molecule has 2 amide bonds. The molecule has 2 atom stereocenters. The summed E-state index contributed by atoms with van der Waals surface area (Å²) < 4.78 is 0. The van der Waals surface area contributed by atoms with E-state index in [1.54, 1.807) is 17.0 Å². The first kappa shape index (κ1) is 27.6. The highest BCUT2D eigenvalue weighted by Gasteiger charge is 2.40. The Morgan fingerprint density at radius 3 is 1.95 bits per heavy atom. The highest BCUT2D eigenvalue weighted by molar-refractivity contribution is 5.95. The summed E-state index contributed by atoms with van der Waals surface area (Å²) in [5.41, 5.74) is 9.98. The minimum Gasteiger partial charge on any atom is -0.384 e. The third-order valence-corrected chi connectivity index (χ3v) is 7.58. The summed E-state index contributed by atoms with van der Waals surface area (Å²) in [5.74, 6) is -0.533. The quantitative estimate of drug-likeness (QED) is 0.168. The van der Waals surface area contributed by atoms with Crippen LogP contribution in [0.3, 0.4) is 0 Å². The number of amides is 2. The molecule has 0 aliphatic carbocycles. The molecule has 0 saturated carbocycles. The molecule has 2 unspecified atom stereocenters. The molecule has 0 radical (unpaired) electrons. The Morgan fingerprint density at radius 2 is 1.39 bits per heavy atom. The Balaban J connectivity index is 1.41. The van der Waals surface area contributed by atoms with Crippen LogP contribution in [0.4, 0.5) is 5.69 Å². The minimum atomic E-state index is -0.630. The van der Waals surface area contributed by atoms with E-state index in [0.29, 0.717) is 25.1 Å². The van der Waals surface area contributed by atoms with Gasteiger partial charge in [0, 0.05) is 30.3 Å². The molecule has 1 aliphatic rings. The lowest BCUT2D eigenvalue weighted by atomic mass is 9.84. The molecule has 4 aromatic rings. The van der Waals surface area contributed by atoms with Crippen molar-refractivity contribution in [3.63, 3.8) is 0 Å². The molecule has 5 rings (SSSR count). The van der Waals surface area contributed by atoms with Gasteiger partial charge in [-0.15, -0.1) is 0 Å². The molecule has 1 fully saturated rings. The van der Waals surface area contributed by atoms with Gasteiger partial charge < -0.3 is 21.3 Å². The molecule has 41 heavy (non-hydrogen) atoms. The van der Waals surface area contributed by atoms with Crippen molar-refractivity contribution in [2.45, 2.75) is 37.4 Å². The Morgan fingerprint density at radius 1 is 0.829 bits per heavy atom. The van der Waals surface area contributed by atoms with Gasteiger partial charge in [0.15, 0.2) is 0 Å². The van der Waals surface area contributed by atoms with E-state index in [1.165, 1.54) is 0 Å². The maximum Gasteiger partial charge on any atom is 0.246 e. The number of hydrogen-bond donors (Lipinski definition) is 4. The first-order chi connectivity index (χ1) is 20.0. The summed E-state index contributed by atoms with van der Waals surface area (Å²) in [6.45, 7) is 0.853. The van der Waals surface area contributed by atoms with E-state index in [2.05, 4.69) is 34.9 Å². The summed E-state index contributed by atoms with van der Waals surface area (Å²) in [7, 11) is 0. The lowest BCUT2D eigenvalue weighted by Crippen LogP contribution is -2.52. The van der Waals surface area contributed by atoms with Gasteiger partial charge in [-0.05, 0) is 41.7 Å². The van der Waals surface area contributed by atoms with Crippen LogP contribution in [-0.2, 0) is 16.1 Å². The number of amidine groups is 1. The number of nitrogens with two attached hydrogens (primary N) is 1. The smallest absolute Gasteiger partial charge is 0.246 e. The second kappa shape index (κ2) is 13.0. The Hall–Kier alpha value is -4.91. The molecule has 0 spiro atoms. The average molecular weight is 546 g/mol. The fourth-order valence-corrected chi connectivity index (χ4v) is 5.49. The van der Waals surface area contributed by atoms with Crippen molar-refractivity contribution in [2.75, 3.05) is 11.9 Å². The molecule has 1 saturated heterocycles. The zero-order chi connectivity index (χ0) is 28.6. The van der Waals surface area contributed by atoms with Gasteiger partial charge in [0.25, 0.3) is 0 Å². The summed E-state index contributed by atoms with van der Waals surface area (Å²) in [4.78, 5) is 29.6. The van der Waals surface area contributed by atoms with Crippen LogP contribution in [-0.4, -0.2) is 41.2 Å². The number of nitrogens with zero attached hydrogens (tertiary/aromatic N) is 1. The number of rotatable bonds is 10. The van der Waals surface area contributed by atoms with Gasteiger partial charge in [-0.2, -0.15) is 0 Å². The number of benzene rings is 4. The maximum absolute atomic E-state index is 14.5. The lowest BCUT2D eigenvalue weighted by molar-refractivity contribution is -0.139. The summed E-state index contributed by atoms with van der Waals surface area (Å²) in [6, 6.07) is 35.9. The van der Waals surface area contributed by atoms with Crippen LogP contribution in [0, 0.1) is 5.41 Å². The van der Waals surface area contributed by atoms with Crippen LogP contribution in [0.2, 0.25) is 0 Å². The van der Waals surface area contributed by atoms with Gasteiger partial charge >= 0.3 is 0 Å². The number of nitrogen functional groups attached to an aromatic ring is 1. The van der Waals surface area contributed by atoms with Crippen molar-refractivity contribution in [1.82, 2.24) is 10.2 Å².